The lowest BCUT2D eigenvalue weighted by Crippen LogP contribution is -2.15. The van der Waals surface area contributed by atoms with Crippen molar-refractivity contribution in [3.63, 3.8) is 0 Å². The number of benzene rings is 3. The Morgan fingerprint density at radius 1 is 0.783 bits per heavy atom. The van der Waals surface area contributed by atoms with Crippen LogP contribution in [0.25, 0.3) is 11.0 Å². The molecule has 0 fully saturated rings. The molecule has 0 amide bonds. The third-order valence-electron chi connectivity index (χ3n) is 4.22. The van der Waals surface area contributed by atoms with Gasteiger partial charge in [0.15, 0.2) is 0 Å². The Hall–Kier alpha value is -2.94. The van der Waals surface area contributed by atoms with Crippen molar-refractivity contribution in [2.24, 2.45) is 0 Å². The molecule has 0 aliphatic heterocycles. The normalized spacial score (nSPS) is 12.4. The molecule has 1 heterocycles. The number of aryl methyl sites for hydroxylation is 1. The van der Waals surface area contributed by atoms with E-state index in [9.17, 15) is 0 Å². The maximum Gasteiger partial charge on any atom is 0.113 e. The third-order valence-corrected chi connectivity index (χ3v) is 4.22. The van der Waals surface area contributed by atoms with Crippen LogP contribution in [0.5, 0.6) is 0 Å². The van der Waals surface area contributed by atoms with Crippen molar-refractivity contribution in [1.29, 1.82) is 0 Å². The summed E-state index contributed by atoms with van der Waals surface area (Å²) in [5.74, 6) is 0. The van der Waals surface area contributed by atoms with Crippen LogP contribution in [0.4, 0.5) is 0 Å². The van der Waals surface area contributed by atoms with E-state index in [0.717, 1.165) is 11.0 Å². The maximum atomic E-state index is 4.46. The predicted octanol–water partition coefficient (Wildman–Crippen LogP) is 4.38. The first-order valence-electron chi connectivity index (χ1n) is 7.75. The molecule has 0 spiro atoms. The molecular formula is C20H17N3. The van der Waals surface area contributed by atoms with Gasteiger partial charge in [-0.1, -0.05) is 71.9 Å². The minimum atomic E-state index is 0.0183. The molecule has 0 aliphatic rings. The number of para-hydroxylation sites is 1. The summed E-state index contributed by atoms with van der Waals surface area (Å²) < 4.78 is 2.02. The summed E-state index contributed by atoms with van der Waals surface area (Å²) in [6.07, 6.45) is 0. The summed E-state index contributed by atoms with van der Waals surface area (Å²) in [4.78, 5) is 0. The largest absolute Gasteiger partial charge is 0.233 e. The van der Waals surface area contributed by atoms with Crippen molar-refractivity contribution in [3.05, 3.63) is 95.6 Å². The van der Waals surface area contributed by atoms with Crippen molar-refractivity contribution in [2.45, 2.75) is 13.0 Å². The molecule has 1 unspecified atom stereocenters. The van der Waals surface area contributed by atoms with Gasteiger partial charge >= 0.3 is 0 Å². The summed E-state index contributed by atoms with van der Waals surface area (Å²) >= 11 is 0. The molecule has 4 aromatic rings. The second-order valence-corrected chi connectivity index (χ2v) is 5.69. The number of hydrogen-bond acceptors (Lipinski definition) is 2. The fourth-order valence-corrected chi connectivity index (χ4v) is 3.06. The van der Waals surface area contributed by atoms with E-state index in [4.69, 9.17) is 0 Å². The van der Waals surface area contributed by atoms with Crippen LogP contribution in [0.15, 0.2) is 78.9 Å². The molecular weight excluding hydrogens is 282 g/mol. The van der Waals surface area contributed by atoms with E-state index in [1.54, 1.807) is 0 Å². The van der Waals surface area contributed by atoms with Gasteiger partial charge in [0.2, 0.25) is 0 Å². The average molecular weight is 299 g/mol. The van der Waals surface area contributed by atoms with Gasteiger partial charge < -0.3 is 0 Å². The number of fused-ring (bicyclic) bond motifs is 1. The highest BCUT2D eigenvalue weighted by Crippen LogP contribution is 2.30. The molecule has 3 heteroatoms. The molecule has 0 saturated heterocycles. The summed E-state index contributed by atoms with van der Waals surface area (Å²) in [5.41, 5.74) is 5.67. The molecule has 4 rings (SSSR count). The summed E-state index contributed by atoms with van der Waals surface area (Å²) in [7, 11) is 0. The van der Waals surface area contributed by atoms with E-state index >= 15 is 0 Å². The van der Waals surface area contributed by atoms with Gasteiger partial charge in [-0.3, -0.25) is 0 Å². The van der Waals surface area contributed by atoms with Crippen LogP contribution in [-0.2, 0) is 0 Å². The Morgan fingerprint density at radius 2 is 1.48 bits per heavy atom. The van der Waals surface area contributed by atoms with E-state index in [0.29, 0.717) is 0 Å². The Balaban J connectivity index is 1.98. The fraction of sp³-hybridized carbons (Fsp3) is 0.100. The Labute approximate surface area is 135 Å². The van der Waals surface area contributed by atoms with Gasteiger partial charge in [-0.15, -0.1) is 5.10 Å². The Morgan fingerprint density at radius 3 is 2.30 bits per heavy atom. The molecule has 1 aromatic heterocycles. The lowest BCUT2D eigenvalue weighted by Gasteiger charge is -2.21. The van der Waals surface area contributed by atoms with Crippen LogP contribution in [-0.4, -0.2) is 15.0 Å². The van der Waals surface area contributed by atoms with Crippen molar-refractivity contribution in [3.8, 4) is 0 Å². The summed E-state index contributed by atoms with van der Waals surface area (Å²) in [6, 6.07) is 27.0. The molecule has 0 saturated carbocycles. The van der Waals surface area contributed by atoms with Crippen LogP contribution in [0, 0.1) is 6.92 Å². The van der Waals surface area contributed by atoms with Gasteiger partial charge in [0.1, 0.15) is 11.6 Å². The zero-order valence-corrected chi connectivity index (χ0v) is 12.9. The third kappa shape index (κ3) is 2.40. The predicted molar refractivity (Wildman–Crippen MR) is 92.4 cm³/mol. The van der Waals surface area contributed by atoms with E-state index in [1.807, 2.05) is 28.9 Å². The number of rotatable bonds is 3. The maximum absolute atomic E-state index is 4.46. The van der Waals surface area contributed by atoms with Gasteiger partial charge in [-0.25, -0.2) is 4.68 Å². The van der Waals surface area contributed by atoms with Gasteiger partial charge in [-0.2, -0.15) is 0 Å². The van der Waals surface area contributed by atoms with Crippen LogP contribution in [0.1, 0.15) is 22.7 Å². The highest BCUT2D eigenvalue weighted by molar-refractivity contribution is 5.74. The standard InChI is InChI=1S/C20H17N3/c1-15-9-5-6-12-17(15)20(16-10-3-2-4-11-16)23-19-14-8-7-13-18(19)21-22-23/h2-14,20H,1H3. The first kappa shape index (κ1) is 13.7. The molecule has 3 nitrogen and oxygen atoms in total. The second kappa shape index (κ2) is 5.69. The molecule has 1 atom stereocenters. The molecule has 112 valence electrons. The molecule has 0 bridgehead atoms. The van der Waals surface area contributed by atoms with Crippen LogP contribution >= 0.6 is 0 Å². The van der Waals surface area contributed by atoms with Gasteiger partial charge in [0.25, 0.3) is 0 Å². The lowest BCUT2D eigenvalue weighted by molar-refractivity contribution is 0.586. The first-order valence-corrected chi connectivity index (χ1v) is 7.75. The Bertz CT molecular complexity index is 941. The monoisotopic (exact) mass is 299 g/mol. The van der Waals surface area contributed by atoms with E-state index in [2.05, 4.69) is 71.8 Å². The number of nitrogens with zero attached hydrogens (tertiary/aromatic N) is 3. The molecule has 3 aromatic carbocycles. The van der Waals surface area contributed by atoms with Crippen molar-refractivity contribution < 1.29 is 0 Å². The van der Waals surface area contributed by atoms with Crippen molar-refractivity contribution in [1.82, 2.24) is 15.0 Å². The molecule has 0 N–H and O–H groups in total. The SMILES string of the molecule is Cc1ccccc1C(c1ccccc1)n1nnc2ccccc21. The molecule has 0 aliphatic carbocycles. The lowest BCUT2D eigenvalue weighted by atomic mass is 9.95. The molecule has 23 heavy (non-hydrogen) atoms. The quantitative estimate of drug-likeness (QED) is 0.562. The van der Waals surface area contributed by atoms with Crippen LogP contribution in [0.2, 0.25) is 0 Å². The zero-order chi connectivity index (χ0) is 15.6. The zero-order valence-electron chi connectivity index (χ0n) is 12.9. The van der Waals surface area contributed by atoms with Gasteiger partial charge in [0, 0.05) is 0 Å². The first-order chi connectivity index (χ1) is 11.3. The van der Waals surface area contributed by atoms with E-state index in [-0.39, 0.29) is 6.04 Å². The van der Waals surface area contributed by atoms with Gasteiger partial charge in [0.05, 0.1) is 5.52 Å². The summed E-state index contributed by atoms with van der Waals surface area (Å²) in [6.45, 7) is 2.14. The number of aromatic nitrogens is 3. The topological polar surface area (TPSA) is 30.7 Å². The Kier molecular flexibility index (Phi) is 3.39. The minimum Gasteiger partial charge on any atom is -0.233 e. The van der Waals surface area contributed by atoms with Crippen LogP contribution in [0.3, 0.4) is 0 Å². The smallest absolute Gasteiger partial charge is 0.113 e. The van der Waals surface area contributed by atoms with E-state index < -0.39 is 0 Å². The number of hydrogen-bond donors (Lipinski definition) is 0. The highest BCUT2D eigenvalue weighted by atomic mass is 15.4. The summed E-state index contributed by atoms with van der Waals surface area (Å²) in [5, 5.41) is 8.79. The van der Waals surface area contributed by atoms with E-state index in [1.165, 1.54) is 16.7 Å². The highest BCUT2D eigenvalue weighted by Gasteiger charge is 2.21. The average Bonchev–Trinajstić information content (AvgIpc) is 3.02. The molecule has 0 radical (unpaired) electrons. The fourth-order valence-electron chi connectivity index (χ4n) is 3.06. The second-order valence-electron chi connectivity index (χ2n) is 5.69. The van der Waals surface area contributed by atoms with Crippen molar-refractivity contribution in [2.75, 3.05) is 0 Å². The van der Waals surface area contributed by atoms with Crippen LogP contribution < -0.4 is 0 Å². The van der Waals surface area contributed by atoms with Crippen molar-refractivity contribution >= 4 is 11.0 Å². The van der Waals surface area contributed by atoms with Gasteiger partial charge in [-0.05, 0) is 35.7 Å². The minimum absolute atomic E-state index is 0.0183.